The molecule has 0 fully saturated rings. The topological polar surface area (TPSA) is 0 Å². The minimum Gasteiger partial charge on any atom is -0.0654 e. The lowest BCUT2D eigenvalue weighted by molar-refractivity contribution is 0.196. The maximum atomic E-state index is 2.48. The molecule has 0 amide bonds. The lowest BCUT2D eigenvalue weighted by atomic mass is 9.74. The van der Waals surface area contributed by atoms with E-state index < -0.39 is 0 Å². The van der Waals surface area contributed by atoms with Gasteiger partial charge in [-0.1, -0.05) is 80.1 Å². The highest BCUT2D eigenvalue weighted by Gasteiger charge is 2.23. The fourth-order valence-electron chi connectivity index (χ4n) is 2.73. The van der Waals surface area contributed by atoms with E-state index in [0.717, 1.165) is 11.8 Å². The van der Waals surface area contributed by atoms with Crippen molar-refractivity contribution in [1.29, 1.82) is 0 Å². The molecule has 2 atom stereocenters. The van der Waals surface area contributed by atoms with Crippen molar-refractivity contribution in [2.45, 2.75) is 86.5 Å². The Morgan fingerprint density at radius 2 is 1.56 bits per heavy atom. The van der Waals surface area contributed by atoms with Crippen LogP contribution in [0.4, 0.5) is 0 Å². The summed E-state index contributed by atoms with van der Waals surface area (Å²) in [6.45, 7) is 14.3. The molecule has 0 aromatic heterocycles. The Morgan fingerprint density at radius 3 is 2.00 bits per heavy atom. The molecule has 0 saturated heterocycles. The Labute approximate surface area is 104 Å². The van der Waals surface area contributed by atoms with Gasteiger partial charge in [-0.15, -0.1) is 0 Å². The summed E-state index contributed by atoms with van der Waals surface area (Å²) in [6.07, 6.45) is 9.71. The van der Waals surface area contributed by atoms with Crippen molar-refractivity contribution in [3.8, 4) is 0 Å². The maximum Gasteiger partial charge on any atom is -0.0354 e. The van der Waals surface area contributed by atoms with Crippen LogP contribution in [0.3, 0.4) is 0 Å². The highest BCUT2D eigenvalue weighted by Crippen LogP contribution is 2.35. The molecule has 98 valence electrons. The largest absolute Gasteiger partial charge is 0.0654 e. The van der Waals surface area contributed by atoms with Gasteiger partial charge < -0.3 is 0 Å². The third-order valence-electron chi connectivity index (χ3n) is 4.22. The molecule has 0 saturated carbocycles. The van der Waals surface area contributed by atoms with Crippen LogP contribution in [-0.4, -0.2) is 0 Å². The number of unbranched alkanes of at least 4 members (excludes halogenated alkanes) is 1. The summed E-state index contributed by atoms with van der Waals surface area (Å²) in [4.78, 5) is 0. The van der Waals surface area contributed by atoms with Gasteiger partial charge in [-0.2, -0.15) is 0 Å². The zero-order valence-electron chi connectivity index (χ0n) is 12.6. The van der Waals surface area contributed by atoms with E-state index in [4.69, 9.17) is 0 Å². The van der Waals surface area contributed by atoms with Gasteiger partial charge in [0.15, 0.2) is 0 Å². The Morgan fingerprint density at radius 1 is 0.938 bits per heavy atom. The molecule has 0 aliphatic heterocycles. The molecular weight excluding hydrogens is 192 g/mol. The minimum atomic E-state index is 0.539. The molecular formula is C16H34. The summed E-state index contributed by atoms with van der Waals surface area (Å²) >= 11 is 0. The van der Waals surface area contributed by atoms with Crippen LogP contribution in [0, 0.1) is 17.3 Å². The van der Waals surface area contributed by atoms with Crippen molar-refractivity contribution in [2.75, 3.05) is 0 Å². The third kappa shape index (κ3) is 6.55. The van der Waals surface area contributed by atoms with Gasteiger partial charge >= 0.3 is 0 Å². The first-order valence-corrected chi connectivity index (χ1v) is 7.46. The minimum absolute atomic E-state index is 0.539. The first-order chi connectivity index (χ1) is 7.46. The second-order valence-electron chi connectivity index (χ2n) is 6.39. The monoisotopic (exact) mass is 226 g/mol. The third-order valence-corrected chi connectivity index (χ3v) is 4.22. The Balaban J connectivity index is 4.19. The van der Waals surface area contributed by atoms with Gasteiger partial charge in [0.2, 0.25) is 0 Å². The predicted molar refractivity (Wildman–Crippen MR) is 75.8 cm³/mol. The molecule has 0 aromatic rings. The first kappa shape index (κ1) is 16.0. The van der Waals surface area contributed by atoms with Gasteiger partial charge in [0.05, 0.1) is 0 Å². The predicted octanol–water partition coefficient (Wildman–Crippen LogP) is 6.06. The lowest BCUT2D eigenvalue weighted by Crippen LogP contribution is -2.20. The summed E-state index contributed by atoms with van der Waals surface area (Å²) < 4.78 is 0. The average molecular weight is 226 g/mol. The molecule has 0 aromatic carbocycles. The molecule has 0 N–H and O–H groups in total. The number of rotatable bonds is 9. The van der Waals surface area contributed by atoms with Crippen molar-refractivity contribution in [1.82, 2.24) is 0 Å². The summed E-state index contributed by atoms with van der Waals surface area (Å²) in [5, 5.41) is 0. The van der Waals surface area contributed by atoms with Crippen molar-refractivity contribution in [3.63, 3.8) is 0 Å². The van der Waals surface area contributed by atoms with E-state index in [0.29, 0.717) is 5.41 Å². The second kappa shape index (κ2) is 8.14. The van der Waals surface area contributed by atoms with Gasteiger partial charge in [0, 0.05) is 0 Å². The molecule has 0 radical (unpaired) electrons. The molecule has 0 heteroatoms. The number of hydrogen-bond acceptors (Lipinski definition) is 0. The highest BCUT2D eigenvalue weighted by atomic mass is 14.3. The van der Waals surface area contributed by atoms with Gasteiger partial charge in [0.1, 0.15) is 0 Å². The zero-order chi connectivity index (χ0) is 12.6. The van der Waals surface area contributed by atoms with Gasteiger partial charge in [-0.25, -0.2) is 0 Å². The normalized spacial score (nSPS) is 16.1. The van der Waals surface area contributed by atoms with Crippen molar-refractivity contribution < 1.29 is 0 Å². The van der Waals surface area contributed by atoms with E-state index in [2.05, 4.69) is 41.5 Å². The highest BCUT2D eigenvalue weighted by molar-refractivity contribution is 4.75. The van der Waals surface area contributed by atoms with Gasteiger partial charge in [-0.3, -0.25) is 0 Å². The van der Waals surface area contributed by atoms with E-state index >= 15 is 0 Å². The Hall–Kier alpha value is 0. The Kier molecular flexibility index (Phi) is 8.14. The molecule has 0 aliphatic rings. The van der Waals surface area contributed by atoms with Crippen LogP contribution in [-0.2, 0) is 0 Å². The van der Waals surface area contributed by atoms with Crippen LogP contribution >= 0.6 is 0 Å². The molecule has 2 unspecified atom stereocenters. The SMILES string of the molecule is CCCCC(CCC)C(C)CC(C)(C)CC. The lowest BCUT2D eigenvalue weighted by Gasteiger charge is -2.31. The van der Waals surface area contributed by atoms with Crippen LogP contribution in [0.15, 0.2) is 0 Å². The van der Waals surface area contributed by atoms with Gasteiger partial charge in [-0.05, 0) is 23.7 Å². The standard InChI is InChI=1S/C16H34/c1-7-10-12-15(11-8-2)14(4)13-16(5,6)9-3/h14-15H,7-13H2,1-6H3. The smallest absolute Gasteiger partial charge is 0.0354 e. The zero-order valence-corrected chi connectivity index (χ0v) is 12.6. The fraction of sp³-hybridized carbons (Fsp3) is 1.00. The molecule has 0 rings (SSSR count). The van der Waals surface area contributed by atoms with E-state index in [-0.39, 0.29) is 0 Å². The quantitative estimate of drug-likeness (QED) is 0.448. The molecule has 0 bridgehead atoms. The second-order valence-corrected chi connectivity index (χ2v) is 6.39. The summed E-state index contributed by atoms with van der Waals surface area (Å²) in [5.74, 6) is 1.87. The molecule has 0 heterocycles. The first-order valence-electron chi connectivity index (χ1n) is 7.46. The van der Waals surface area contributed by atoms with E-state index in [1.54, 1.807) is 0 Å². The van der Waals surface area contributed by atoms with Crippen LogP contribution in [0.25, 0.3) is 0 Å². The van der Waals surface area contributed by atoms with E-state index in [1.807, 2.05) is 0 Å². The van der Waals surface area contributed by atoms with Crippen molar-refractivity contribution >= 4 is 0 Å². The maximum absolute atomic E-state index is 2.48. The summed E-state index contributed by atoms with van der Waals surface area (Å²) in [7, 11) is 0. The van der Waals surface area contributed by atoms with Crippen LogP contribution in [0.5, 0.6) is 0 Å². The molecule has 0 nitrogen and oxygen atoms in total. The van der Waals surface area contributed by atoms with Crippen LogP contribution in [0.2, 0.25) is 0 Å². The summed E-state index contributed by atoms with van der Waals surface area (Å²) in [5.41, 5.74) is 0.539. The summed E-state index contributed by atoms with van der Waals surface area (Å²) in [6, 6.07) is 0. The van der Waals surface area contributed by atoms with Gasteiger partial charge in [0.25, 0.3) is 0 Å². The van der Waals surface area contributed by atoms with E-state index in [9.17, 15) is 0 Å². The fourth-order valence-corrected chi connectivity index (χ4v) is 2.73. The number of hydrogen-bond donors (Lipinski definition) is 0. The Bertz CT molecular complexity index is 157. The molecule has 0 aliphatic carbocycles. The van der Waals surface area contributed by atoms with E-state index in [1.165, 1.54) is 44.9 Å². The average Bonchev–Trinajstić information content (AvgIpc) is 2.23. The molecule has 0 spiro atoms. The van der Waals surface area contributed by atoms with Crippen LogP contribution in [0.1, 0.15) is 86.5 Å². The van der Waals surface area contributed by atoms with Crippen LogP contribution < -0.4 is 0 Å². The molecule has 16 heavy (non-hydrogen) atoms. The van der Waals surface area contributed by atoms with Crippen molar-refractivity contribution in [3.05, 3.63) is 0 Å². The van der Waals surface area contributed by atoms with Crippen molar-refractivity contribution in [2.24, 2.45) is 17.3 Å².